The Labute approximate surface area is 85.2 Å². The first-order valence-corrected chi connectivity index (χ1v) is 5.35. The molecule has 0 fully saturated rings. The van der Waals surface area contributed by atoms with Gasteiger partial charge in [0.1, 0.15) is 0 Å². The van der Waals surface area contributed by atoms with Crippen molar-refractivity contribution >= 4 is 17.7 Å². The maximum Gasteiger partial charge on any atom is 0.389 e. The Morgan fingerprint density at radius 1 is 1.36 bits per heavy atom. The van der Waals surface area contributed by atoms with Crippen LogP contribution in [0.15, 0.2) is 0 Å². The van der Waals surface area contributed by atoms with Crippen LogP contribution in [0.3, 0.4) is 0 Å². The average Bonchev–Trinajstić information content (AvgIpc) is 2.00. The minimum atomic E-state index is -4.07. The van der Waals surface area contributed by atoms with Crippen LogP contribution < -0.4 is 0 Å². The second-order valence-electron chi connectivity index (χ2n) is 2.67. The topological polar surface area (TPSA) is 26.3 Å². The molecule has 0 aliphatic rings. The highest BCUT2D eigenvalue weighted by atomic mass is 32.2. The van der Waals surface area contributed by atoms with Crippen LogP contribution in [0.5, 0.6) is 0 Å². The van der Waals surface area contributed by atoms with E-state index < -0.39 is 12.6 Å². The number of hydrogen-bond donors (Lipinski definition) is 0. The van der Waals surface area contributed by atoms with Crippen LogP contribution in [0.4, 0.5) is 13.2 Å². The van der Waals surface area contributed by atoms with Gasteiger partial charge in [0.05, 0.1) is 13.0 Å². The summed E-state index contributed by atoms with van der Waals surface area (Å²) in [5.74, 6) is 0.303. The van der Waals surface area contributed by atoms with Gasteiger partial charge in [-0.1, -0.05) is 0 Å². The summed E-state index contributed by atoms with van der Waals surface area (Å²) in [6, 6.07) is 0. The zero-order valence-corrected chi connectivity index (χ0v) is 8.71. The molecule has 0 aromatic heterocycles. The first-order valence-electron chi connectivity index (χ1n) is 4.19. The normalized spacial score (nSPS) is 11.4. The summed E-state index contributed by atoms with van der Waals surface area (Å²) >= 11 is 1.22. The highest BCUT2D eigenvalue weighted by Gasteiger charge is 2.25. The quantitative estimate of drug-likeness (QED) is 0.518. The Bertz CT molecular complexity index is 170. The van der Waals surface area contributed by atoms with E-state index in [1.165, 1.54) is 18.7 Å². The van der Waals surface area contributed by atoms with Gasteiger partial charge in [0, 0.05) is 12.7 Å². The summed E-state index contributed by atoms with van der Waals surface area (Å²) in [6.07, 6.45) is -4.23. The molecule has 0 N–H and O–H groups in total. The van der Waals surface area contributed by atoms with Gasteiger partial charge in [0.15, 0.2) is 0 Å². The molecular weight excluding hydrogens is 217 g/mol. The molecule has 0 heterocycles. The lowest BCUT2D eigenvalue weighted by Crippen LogP contribution is -2.08. The van der Waals surface area contributed by atoms with Crippen molar-refractivity contribution in [2.45, 2.75) is 25.9 Å². The second kappa shape index (κ2) is 6.98. The molecule has 0 saturated carbocycles. The predicted molar refractivity (Wildman–Crippen MR) is 49.2 cm³/mol. The molecule has 6 heteroatoms. The van der Waals surface area contributed by atoms with Gasteiger partial charge in [-0.15, -0.1) is 0 Å². The van der Waals surface area contributed by atoms with Crippen molar-refractivity contribution in [3.63, 3.8) is 0 Å². The third kappa shape index (κ3) is 11.6. The van der Waals surface area contributed by atoms with Gasteiger partial charge in [-0.05, 0) is 12.2 Å². The minimum Gasteiger partial charge on any atom is -0.466 e. The molecule has 0 amide bonds. The SMILES string of the molecule is CC(=O)OCCCSCCC(F)(F)F. The first-order chi connectivity index (χ1) is 6.42. The molecule has 0 saturated heterocycles. The Morgan fingerprint density at radius 3 is 2.50 bits per heavy atom. The Kier molecular flexibility index (Phi) is 6.78. The van der Waals surface area contributed by atoms with Crippen LogP contribution in [0, 0.1) is 0 Å². The molecule has 84 valence electrons. The minimum absolute atomic E-state index is 0.0730. The van der Waals surface area contributed by atoms with Crippen LogP contribution in [0.2, 0.25) is 0 Å². The Hall–Kier alpha value is -0.390. The van der Waals surface area contributed by atoms with Crippen LogP contribution >= 0.6 is 11.8 Å². The summed E-state index contributed by atoms with van der Waals surface area (Å²) in [7, 11) is 0. The fraction of sp³-hybridized carbons (Fsp3) is 0.875. The lowest BCUT2D eigenvalue weighted by Gasteiger charge is -2.05. The van der Waals surface area contributed by atoms with E-state index in [4.69, 9.17) is 0 Å². The number of esters is 1. The van der Waals surface area contributed by atoms with E-state index in [9.17, 15) is 18.0 Å². The predicted octanol–water partition coefficient (Wildman–Crippen LogP) is 2.63. The van der Waals surface area contributed by atoms with Crippen LogP contribution in [-0.2, 0) is 9.53 Å². The number of rotatable bonds is 6. The molecule has 0 rings (SSSR count). The van der Waals surface area contributed by atoms with Crippen LogP contribution in [0.1, 0.15) is 19.8 Å². The maximum absolute atomic E-state index is 11.7. The lowest BCUT2D eigenvalue weighted by atomic mass is 10.5. The number of carbonyl (C=O) groups is 1. The van der Waals surface area contributed by atoms with Crippen molar-refractivity contribution in [2.24, 2.45) is 0 Å². The van der Waals surface area contributed by atoms with Crippen molar-refractivity contribution in [2.75, 3.05) is 18.1 Å². The molecule has 0 aliphatic heterocycles. The van der Waals surface area contributed by atoms with Gasteiger partial charge < -0.3 is 4.74 Å². The third-order valence-corrected chi connectivity index (χ3v) is 2.34. The van der Waals surface area contributed by atoms with Gasteiger partial charge in [-0.25, -0.2) is 0 Å². The first kappa shape index (κ1) is 13.6. The second-order valence-corrected chi connectivity index (χ2v) is 3.90. The van der Waals surface area contributed by atoms with E-state index in [0.717, 1.165) is 0 Å². The fourth-order valence-electron chi connectivity index (χ4n) is 0.667. The highest BCUT2D eigenvalue weighted by molar-refractivity contribution is 7.99. The van der Waals surface area contributed by atoms with Crippen molar-refractivity contribution in [3.05, 3.63) is 0 Å². The number of ether oxygens (including phenoxy) is 1. The average molecular weight is 230 g/mol. The summed E-state index contributed by atoms with van der Waals surface area (Å²) < 4.78 is 39.6. The number of thioether (sulfide) groups is 1. The van der Waals surface area contributed by atoms with Crippen molar-refractivity contribution in [1.29, 1.82) is 0 Å². The highest BCUT2D eigenvalue weighted by Crippen LogP contribution is 2.22. The molecule has 0 aliphatic carbocycles. The number of carbonyl (C=O) groups excluding carboxylic acids is 1. The smallest absolute Gasteiger partial charge is 0.389 e. The van der Waals surface area contributed by atoms with E-state index in [2.05, 4.69) is 4.74 Å². The van der Waals surface area contributed by atoms with E-state index in [1.54, 1.807) is 0 Å². The van der Waals surface area contributed by atoms with E-state index in [-0.39, 0.29) is 18.3 Å². The van der Waals surface area contributed by atoms with Gasteiger partial charge in [-0.3, -0.25) is 4.79 Å². The number of hydrogen-bond acceptors (Lipinski definition) is 3. The zero-order valence-electron chi connectivity index (χ0n) is 7.89. The molecule has 0 aromatic carbocycles. The van der Waals surface area contributed by atoms with Gasteiger partial charge in [0.25, 0.3) is 0 Å². The Morgan fingerprint density at radius 2 is 2.00 bits per heavy atom. The van der Waals surface area contributed by atoms with Crippen molar-refractivity contribution in [1.82, 2.24) is 0 Å². The molecule has 0 radical (unpaired) electrons. The monoisotopic (exact) mass is 230 g/mol. The summed E-state index contributed by atoms with van der Waals surface area (Å²) in [5, 5.41) is 0. The molecule has 0 unspecified atom stereocenters. The number of halogens is 3. The molecule has 0 spiro atoms. The largest absolute Gasteiger partial charge is 0.466 e. The van der Waals surface area contributed by atoms with Crippen molar-refractivity contribution in [3.8, 4) is 0 Å². The molecule has 2 nitrogen and oxygen atoms in total. The maximum atomic E-state index is 11.7. The van der Waals surface area contributed by atoms with Gasteiger partial charge in [0.2, 0.25) is 0 Å². The van der Waals surface area contributed by atoms with E-state index >= 15 is 0 Å². The van der Waals surface area contributed by atoms with E-state index in [0.29, 0.717) is 12.2 Å². The molecule has 14 heavy (non-hydrogen) atoms. The lowest BCUT2D eigenvalue weighted by molar-refractivity contribution is -0.140. The van der Waals surface area contributed by atoms with Crippen LogP contribution in [0.25, 0.3) is 0 Å². The third-order valence-electron chi connectivity index (χ3n) is 1.27. The summed E-state index contributed by atoms with van der Waals surface area (Å²) in [6.45, 7) is 1.59. The molecular formula is C8H13F3O2S. The fourth-order valence-corrected chi connectivity index (χ4v) is 1.57. The number of alkyl halides is 3. The summed E-state index contributed by atoms with van der Waals surface area (Å²) in [4.78, 5) is 10.3. The van der Waals surface area contributed by atoms with Gasteiger partial charge in [-0.2, -0.15) is 24.9 Å². The standard InChI is InChI=1S/C8H13F3O2S/c1-7(12)13-4-2-5-14-6-3-8(9,10)11/h2-6H2,1H3. The molecule has 0 atom stereocenters. The van der Waals surface area contributed by atoms with Crippen molar-refractivity contribution < 1.29 is 22.7 Å². The Balaban J connectivity index is 3.11. The van der Waals surface area contributed by atoms with Crippen LogP contribution in [-0.4, -0.2) is 30.3 Å². The molecule has 0 bridgehead atoms. The zero-order chi connectivity index (χ0) is 11.0. The van der Waals surface area contributed by atoms with E-state index in [1.807, 2.05) is 0 Å². The summed E-state index contributed by atoms with van der Waals surface area (Å²) in [5.41, 5.74) is 0. The van der Waals surface area contributed by atoms with Gasteiger partial charge >= 0.3 is 12.1 Å². The molecule has 0 aromatic rings.